The zero-order chi connectivity index (χ0) is 6.41. The van der Waals surface area contributed by atoms with Crippen molar-refractivity contribution in [1.82, 2.24) is 5.32 Å². The molecule has 0 aliphatic heterocycles. The second kappa shape index (κ2) is 4.37. The fourth-order valence-corrected chi connectivity index (χ4v) is 0.294. The molecule has 0 radical (unpaired) electrons. The molecule has 1 N–H and O–H groups in total. The maximum atomic E-state index is 10.4. The first kappa shape index (κ1) is 7.21. The molecule has 8 heavy (non-hydrogen) atoms. The molecule has 0 spiro atoms. The van der Waals surface area contributed by atoms with Crippen LogP contribution in [0.4, 0.5) is 0 Å². The van der Waals surface area contributed by atoms with Crippen LogP contribution >= 0.6 is 0 Å². The maximum absolute atomic E-state index is 10.4. The van der Waals surface area contributed by atoms with Crippen LogP contribution in [0.5, 0.6) is 0 Å². The number of ketones is 1. The van der Waals surface area contributed by atoms with Crippen LogP contribution in [0.25, 0.3) is 0 Å². The van der Waals surface area contributed by atoms with Crippen molar-refractivity contribution < 1.29 is 4.79 Å². The standard InChI is InChI=1S/C6H11NO/c1-3-6(8)4-5-7-2/h4-5,7H,3H2,1-2H3/b5-4+. The van der Waals surface area contributed by atoms with Crippen molar-refractivity contribution in [3.05, 3.63) is 12.3 Å². The van der Waals surface area contributed by atoms with Gasteiger partial charge in [0.1, 0.15) is 0 Å². The zero-order valence-corrected chi connectivity index (χ0v) is 5.27. The van der Waals surface area contributed by atoms with Gasteiger partial charge in [0.05, 0.1) is 0 Å². The molecule has 0 bridgehead atoms. The van der Waals surface area contributed by atoms with Crippen LogP contribution < -0.4 is 5.32 Å². The van der Waals surface area contributed by atoms with E-state index in [9.17, 15) is 4.79 Å². The van der Waals surface area contributed by atoms with Crippen LogP contribution in [0.15, 0.2) is 12.3 Å². The van der Waals surface area contributed by atoms with E-state index >= 15 is 0 Å². The summed E-state index contributed by atoms with van der Waals surface area (Å²) in [5.74, 6) is 0.152. The minimum atomic E-state index is 0.152. The highest BCUT2D eigenvalue weighted by Gasteiger charge is 1.85. The molecule has 0 saturated heterocycles. The number of rotatable bonds is 3. The molecule has 0 aromatic carbocycles. The third-order valence-electron chi connectivity index (χ3n) is 0.784. The number of nitrogens with one attached hydrogen (secondary N) is 1. The Bertz CT molecular complexity index is 96.7. The van der Waals surface area contributed by atoms with E-state index in [0.29, 0.717) is 6.42 Å². The molecule has 0 rings (SSSR count). The Morgan fingerprint density at radius 2 is 2.38 bits per heavy atom. The van der Waals surface area contributed by atoms with Gasteiger partial charge in [-0.15, -0.1) is 0 Å². The third kappa shape index (κ3) is 3.40. The number of hydrogen-bond donors (Lipinski definition) is 1. The molecule has 0 aliphatic carbocycles. The molecule has 46 valence electrons. The van der Waals surface area contributed by atoms with E-state index in [1.807, 2.05) is 6.92 Å². The summed E-state index contributed by atoms with van der Waals surface area (Å²) in [7, 11) is 1.76. The largest absolute Gasteiger partial charge is 0.394 e. The molecule has 0 aromatic rings. The molecular weight excluding hydrogens is 102 g/mol. The third-order valence-corrected chi connectivity index (χ3v) is 0.784. The lowest BCUT2D eigenvalue weighted by Gasteiger charge is -1.83. The van der Waals surface area contributed by atoms with Crippen molar-refractivity contribution in [1.29, 1.82) is 0 Å². The normalized spacial score (nSPS) is 9.75. The van der Waals surface area contributed by atoms with Crippen molar-refractivity contribution in [2.45, 2.75) is 13.3 Å². The predicted molar refractivity (Wildman–Crippen MR) is 33.5 cm³/mol. The lowest BCUT2D eigenvalue weighted by Crippen LogP contribution is -1.95. The van der Waals surface area contributed by atoms with Gasteiger partial charge in [0.2, 0.25) is 0 Å². The Morgan fingerprint density at radius 1 is 1.75 bits per heavy atom. The molecule has 0 fully saturated rings. The minimum Gasteiger partial charge on any atom is -0.394 e. The van der Waals surface area contributed by atoms with Gasteiger partial charge in [0.25, 0.3) is 0 Å². The average molecular weight is 113 g/mol. The molecule has 0 amide bonds. The summed E-state index contributed by atoms with van der Waals surface area (Å²) in [4.78, 5) is 10.4. The van der Waals surface area contributed by atoms with E-state index in [-0.39, 0.29) is 5.78 Å². The summed E-state index contributed by atoms with van der Waals surface area (Å²) in [6.07, 6.45) is 3.74. The topological polar surface area (TPSA) is 29.1 Å². The van der Waals surface area contributed by atoms with Gasteiger partial charge < -0.3 is 5.32 Å². The van der Waals surface area contributed by atoms with Gasteiger partial charge in [0.15, 0.2) is 5.78 Å². The minimum absolute atomic E-state index is 0.152. The first-order valence-electron chi connectivity index (χ1n) is 2.68. The van der Waals surface area contributed by atoms with Gasteiger partial charge in [0, 0.05) is 13.5 Å². The van der Waals surface area contributed by atoms with Crippen molar-refractivity contribution in [3.8, 4) is 0 Å². The zero-order valence-electron chi connectivity index (χ0n) is 5.27. The predicted octanol–water partition coefficient (Wildman–Crippen LogP) is 0.699. The van der Waals surface area contributed by atoms with Gasteiger partial charge in [-0.25, -0.2) is 0 Å². The molecule has 0 atom stereocenters. The summed E-state index contributed by atoms with van der Waals surface area (Å²) >= 11 is 0. The van der Waals surface area contributed by atoms with Crippen molar-refractivity contribution in [2.75, 3.05) is 7.05 Å². The monoisotopic (exact) mass is 113 g/mol. The van der Waals surface area contributed by atoms with Crippen molar-refractivity contribution >= 4 is 5.78 Å². The first-order chi connectivity index (χ1) is 3.81. The number of carbonyl (C=O) groups is 1. The fourth-order valence-electron chi connectivity index (χ4n) is 0.294. The van der Waals surface area contributed by atoms with Crippen molar-refractivity contribution in [2.24, 2.45) is 0 Å². The van der Waals surface area contributed by atoms with Crippen LogP contribution in [0, 0.1) is 0 Å². The van der Waals surface area contributed by atoms with E-state index < -0.39 is 0 Å². The lowest BCUT2D eigenvalue weighted by molar-refractivity contribution is -0.114. The average Bonchev–Trinajstić information content (AvgIpc) is 1.83. The number of allylic oxidation sites excluding steroid dienone is 1. The first-order valence-corrected chi connectivity index (χ1v) is 2.68. The summed E-state index contributed by atoms with van der Waals surface area (Å²) in [5.41, 5.74) is 0. The highest BCUT2D eigenvalue weighted by molar-refractivity contribution is 5.89. The highest BCUT2D eigenvalue weighted by atomic mass is 16.1. The van der Waals surface area contributed by atoms with Gasteiger partial charge in [-0.1, -0.05) is 6.92 Å². The van der Waals surface area contributed by atoms with Gasteiger partial charge in [-0.05, 0) is 12.3 Å². The van der Waals surface area contributed by atoms with Crippen LogP contribution in [0.1, 0.15) is 13.3 Å². The summed E-state index contributed by atoms with van der Waals surface area (Å²) in [6, 6.07) is 0. The Balaban J connectivity index is 3.37. The smallest absolute Gasteiger partial charge is 0.156 e. The maximum Gasteiger partial charge on any atom is 0.156 e. The van der Waals surface area contributed by atoms with E-state index in [2.05, 4.69) is 5.32 Å². The Labute approximate surface area is 49.6 Å². The van der Waals surface area contributed by atoms with Crippen LogP contribution in [-0.4, -0.2) is 12.8 Å². The van der Waals surface area contributed by atoms with Gasteiger partial charge in [-0.3, -0.25) is 4.79 Å². The van der Waals surface area contributed by atoms with E-state index in [4.69, 9.17) is 0 Å². The number of carbonyl (C=O) groups excluding carboxylic acids is 1. The quantitative estimate of drug-likeness (QED) is 0.546. The Hall–Kier alpha value is -0.790. The SMILES string of the molecule is CCC(=O)/C=C/NC. The molecule has 2 nitrogen and oxygen atoms in total. The van der Waals surface area contributed by atoms with Crippen LogP contribution in [-0.2, 0) is 4.79 Å². The van der Waals surface area contributed by atoms with Crippen LogP contribution in [0.2, 0.25) is 0 Å². The Morgan fingerprint density at radius 3 is 2.75 bits per heavy atom. The summed E-state index contributed by atoms with van der Waals surface area (Å²) in [6.45, 7) is 1.84. The van der Waals surface area contributed by atoms with Crippen molar-refractivity contribution in [3.63, 3.8) is 0 Å². The second-order valence-corrected chi connectivity index (χ2v) is 1.44. The molecular formula is C6H11NO. The lowest BCUT2D eigenvalue weighted by atomic mass is 10.3. The molecule has 2 heteroatoms. The molecule has 0 unspecified atom stereocenters. The number of hydrogen-bond acceptors (Lipinski definition) is 2. The van der Waals surface area contributed by atoms with E-state index in [1.165, 1.54) is 6.08 Å². The summed E-state index contributed by atoms with van der Waals surface area (Å²) in [5, 5.41) is 2.73. The molecule has 0 saturated carbocycles. The molecule has 0 aliphatic rings. The molecule has 0 aromatic heterocycles. The molecule has 0 heterocycles. The van der Waals surface area contributed by atoms with E-state index in [1.54, 1.807) is 13.2 Å². The van der Waals surface area contributed by atoms with E-state index in [0.717, 1.165) is 0 Å². The van der Waals surface area contributed by atoms with Gasteiger partial charge >= 0.3 is 0 Å². The Kier molecular flexibility index (Phi) is 3.94. The fraction of sp³-hybridized carbons (Fsp3) is 0.500. The summed E-state index contributed by atoms with van der Waals surface area (Å²) < 4.78 is 0. The van der Waals surface area contributed by atoms with Crippen LogP contribution in [0.3, 0.4) is 0 Å². The highest BCUT2D eigenvalue weighted by Crippen LogP contribution is 1.79. The second-order valence-electron chi connectivity index (χ2n) is 1.44. The van der Waals surface area contributed by atoms with Gasteiger partial charge in [-0.2, -0.15) is 0 Å².